The number of carbonyl (C=O) groups is 2. The first kappa shape index (κ1) is 14.5. The summed E-state index contributed by atoms with van der Waals surface area (Å²) in [5.74, 6) is -3.10. The molecular formula is C16H8O7. The summed E-state index contributed by atoms with van der Waals surface area (Å²) in [4.78, 5) is 47.0. The molecule has 0 radical (unpaired) electrons. The minimum absolute atomic E-state index is 0.0957. The van der Waals surface area contributed by atoms with E-state index in [4.69, 9.17) is 0 Å². The molecule has 0 aliphatic rings. The average Bonchev–Trinajstić information content (AvgIpc) is 2.57. The number of carboxylic acids is 2. The van der Waals surface area contributed by atoms with E-state index in [0.29, 0.717) is 5.39 Å². The van der Waals surface area contributed by atoms with Crippen molar-refractivity contribution in [3.05, 3.63) is 68.4 Å². The largest absolute Gasteiger partial charge is 0.478 e. The van der Waals surface area contributed by atoms with Crippen LogP contribution < -0.4 is 11.3 Å². The molecule has 0 amide bonds. The highest BCUT2D eigenvalue weighted by Gasteiger charge is 2.22. The van der Waals surface area contributed by atoms with Crippen LogP contribution in [0.3, 0.4) is 0 Å². The van der Waals surface area contributed by atoms with Crippen LogP contribution in [0.5, 0.6) is 0 Å². The summed E-state index contributed by atoms with van der Waals surface area (Å²) >= 11 is 0. The Labute approximate surface area is 127 Å². The highest BCUT2D eigenvalue weighted by molar-refractivity contribution is 6.14. The molecule has 7 heteroatoms. The van der Waals surface area contributed by atoms with Crippen molar-refractivity contribution in [2.75, 3.05) is 0 Å². The number of hydrogen-bond donors (Lipinski definition) is 2. The van der Waals surface area contributed by atoms with Gasteiger partial charge in [-0.25, -0.2) is 19.2 Å². The Hall–Kier alpha value is -3.48. The fourth-order valence-corrected chi connectivity index (χ4v) is 2.44. The normalized spacial score (nSPS) is 10.8. The van der Waals surface area contributed by atoms with Crippen molar-refractivity contribution in [2.45, 2.75) is 0 Å². The maximum Gasteiger partial charge on any atom is 0.346 e. The van der Waals surface area contributed by atoms with Gasteiger partial charge < -0.3 is 14.6 Å². The van der Waals surface area contributed by atoms with Crippen LogP contribution in [0.1, 0.15) is 20.7 Å². The third-order valence-corrected chi connectivity index (χ3v) is 3.47. The summed E-state index contributed by atoms with van der Waals surface area (Å²) in [6.45, 7) is 0. The van der Waals surface area contributed by atoms with Gasteiger partial charge in [-0.1, -0.05) is 18.2 Å². The molecule has 23 heavy (non-hydrogen) atoms. The van der Waals surface area contributed by atoms with Gasteiger partial charge in [0.05, 0.1) is 21.9 Å². The Morgan fingerprint density at radius 1 is 0.696 bits per heavy atom. The smallest absolute Gasteiger partial charge is 0.346 e. The Bertz CT molecular complexity index is 1090. The molecule has 0 saturated heterocycles. The van der Waals surface area contributed by atoms with Crippen LogP contribution in [0.15, 0.2) is 50.4 Å². The minimum atomic E-state index is -1.60. The Morgan fingerprint density at radius 2 is 1.17 bits per heavy atom. The molecule has 6 rings (SSSR count). The summed E-state index contributed by atoms with van der Waals surface area (Å²) in [6.07, 6.45) is 0. The Morgan fingerprint density at radius 3 is 1.74 bits per heavy atom. The molecule has 4 bridgehead atoms. The first-order chi connectivity index (χ1) is 10.9. The lowest BCUT2D eigenvalue weighted by Gasteiger charge is -2.05. The fourth-order valence-electron chi connectivity index (χ4n) is 2.44. The zero-order valence-corrected chi connectivity index (χ0v) is 11.4. The van der Waals surface area contributed by atoms with Gasteiger partial charge >= 0.3 is 23.2 Å². The highest BCUT2D eigenvalue weighted by atomic mass is 16.4. The number of benzene rings is 2. The maximum absolute atomic E-state index is 12.1. The van der Waals surface area contributed by atoms with Gasteiger partial charge in [0.1, 0.15) is 0 Å². The third-order valence-electron chi connectivity index (χ3n) is 3.47. The van der Waals surface area contributed by atoms with Crippen LogP contribution in [0, 0.1) is 0 Å². The lowest BCUT2D eigenvalue weighted by molar-refractivity contribution is 0.0654. The predicted molar refractivity (Wildman–Crippen MR) is 80.2 cm³/mol. The van der Waals surface area contributed by atoms with Crippen molar-refractivity contribution in [3.8, 4) is 0 Å². The molecule has 0 aliphatic heterocycles. The van der Waals surface area contributed by atoms with Crippen LogP contribution in [-0.2, 0) is 0 Å². The highest BCUT2D eigenvalue weighted by Crippen LogP contribution is 2.24. The second-order valence-corrected chi connectivity index (χ2v) is 4.78. The zero-order valence-electron chi connectivity index (χ0n) is 11.4. The van der Waals surface area contributed by atoms with Crippen LogP contribution in [0.25, 0.3) is 21.5 Å². The predicted octanol–water partition coefficient (Wildman–Crippen LogP) is 1.70. The summed E-state index contributed by atoms with van der Waals surface area (Å²) in [5.41, 5.74) is -3.41. The molecule has 114 valence electrons. The topological polar surface area (TPSA) is 122 Å². The summed E-state index contributed by atoms with van der Waals surface area (Å²) in [6, 6.07) is 8.11. The van der Waals surface area contributed by atoms with Crippen LogP contribution >= 0.6 is 0 Å². The van der Waals surface area contributed by atoms with E-state index in [1.54, 1.807) is 0 Å². The SMILES string of the molecule is O=C(O)c1c(C(=O)O)c2ccc1c(=O)oc(=O)c1ccc2cc1. The van der Waals surface area contributed by atoms with E-state index in [0.717, 1.165) is 6.07 Å². The lowest BCUT2D eigenvalue weighted by Crippen LogP contribution is -2.14. The van der Waals surface area contributed by atoms with Crippen LogP contribution in [0.2, 0.25) is 0 Å². The molecule has 6 aromatic rings. The van der Waals surface area contributed by atoms with Gasteiger partial charge in [0.2, 0.25) is 0 Å². The minimum Gasteiger partial charge on any atom is -0.478 e. The van der Waals surface area contributed by atoms with Crippen molar-refractivity contribution in [1.82, 2.24) is 0 Å². The standard InChI is InChI=1S/C16H8O7/c17-13(18)11-9-5-6-10(12(11)14(19)20)16(22)23-15(21)8-3-1-7(9)2-4-8/h1-6H,(H,17,18)(H,19,20). The molecular weight excluding hydrogens is 304 g/mol. The first-order valence-corrected chi connectivity index (χ1v) is 6.40. The van der Waals surface area contributed by atoms with Crippen molar-refractivity contribution in [3.63, 3.8) is 0 Å². The molecule has 0 saturated carbocycles. The molecule has 2 aromatic carbocycles. The van der Waals surface area contributed by atoms with Gasteiger partial charge in [-0.15, -0.1) is 0 Å². The number of aromatic carboxylic acids is 2. The monoisotopic (exact) mass is 312 g/mol. The second kappa shape index (κ2) is 5.06. The third kappa shape index (κ3) is 2.24. The van der Waals surface area contributed by atoms with Crippen molar-refractivity contribution >= 4 is 33.5 Å². The molecule has 0 fully saturated rings. The van der Waals surface area contributed by atoms with Crippen LogP contribution in [0.4, 0.5) is 0 Å². The summed E-state index contributed by atoms with van der Waals surface area (Å²) < 4.78 is 4.63. The molecule has 0 aliphatic carbocycles. The quantitative estimate of drug-likeness (QED) is 0.738. The number of rotatable bonds is 2. The van der Waals surface area contributed by atoms with Gasteiger partial charge in [0.25, 0.3) is 0 Å². The molecule has 0 unspecified atom stereocenters. The van der Waals surface area contributed by atoms with E-state index in [1.165, 1.54) is 30.3 Å². The molecule has 2 N–H and O–H groups in total. The van der Waals surface area contributed by atoms with E-state index in [2.05, 4.69) is 4.42 Å². The Balaban J connectivity index is 2.81. The van der Waals surface area contributed by atoms with Crippen molar-refractivity contribution in [1.29, 1.82) is 0 Å². The van der Waals surface area contributed by atoms with Gasteiger partial charge in [-0.3, -0.25) is 0 Å². The van der Waals surface area contributed by atoms with E-state index >= 15 is 0 Å². The zero-order chi connectivity index (χ0) is 16.7. The second-order valence-electron chi connectivity index (χ2n) is 4.78. The van der Waals surface area contributed by atoms with Gasteiger partial charge in [0.15, 0.2) is 0 Å². The molecule has 0 spiro atoms. The van der Waals surface area contributed by atoms with E-state index in [1.807, 2.05) is 0 Å². The summed E-state index contributed by atoms with van der Waals surface area (Å²) in [5, 5.41) is 18.9. The van der Waals surface area contributed by atoms with E-state index < -0.39 is 39.7 Å². The fraction of sp³-hybridized carbons (Fsp3) is 0. The number of hydrogen-bond acceptors (Lipinski definition) is 5. The maximum atomic E-state index is 12.1. The van der Waals surface area contributed by atoms with E-state index in [-0.39, 0.29) is 10.8 Å². The first-order valence-electron chi connectivity index (χ1n) is 6.40. The van der Waals surface area contributed by atoms with Crippen molar-refractivity contribution < 1.29 is 24.2 Å². The molecule has 4 aromatic heterocycles. The van der Waals surface area contributed by atoms with Crippen LogP contribution in [-0.4, -0.2) is 22.2 Å². The lowest BCUT2D eigenvalue weighted by atomic mass is 9.98. The average molecular weight is 312 g/mol. The summed E-state index contributed by atoms with van der Waals surface area (Å²) in [7, 11) is 0. The molecule has 0 atom stereocenters. The molecule has 7 nitrogen and oxygen atoms in total. The number of carboxylic acid groups (broad SMARTS) is 2. The van der Waals surface area contributed by atoms with Crippen molar-refractivity contribution in [2.24, 2.45) is 0 Å². The van der Waals surface area contributed by atoms with Gasteiger partial charge in [0, 0.05) is 0 Å². The van der Waals surface area contributed by atoms with Gasteiger partial charge in [-0.2, -0.15) is 0 Å². The Kier molecular flexibility index (Phi) is 3.18. The molecule has 4 heterocycles. The van der Waals surface area contributed by atoms with E-state index in [9.17, 15) is 29.4 Å². The van der Waals surface area contributed by atoms with Gasteiger partial charge in [-0.05, 0) is 29.0 Å².